The van der Waals surface area contributed by atoms with Crippen molar-refractivity contribution in [3.8, 4) is 5.69 Å². The maximum absolute atomic E-state index is 12.4. The lowest BCUT2D eigenvalue weighted by Crippen LogP contribution is -2.37. The summed E-state index contributed by atoms with van der Waals surface area (Å²) in [5.74, 6) is 0.284. The second-order valence-corrected chi connectivity index (χ2v) is 7.28. The molecular formula is C22H26ClN5O. The number of rotatable bonds is 6. The van der Waals surface area contributed by atoms with E-state index >= 15 is 0 Å². The molecule has 3 aromatic rings. The average molecular weight is 412 g/mol. The van der Waals surface area contributed by atoms with Crippen molar-refractivity contribution in [1.82, 2.24) is 20.0 Å². The van der Waals surface area contributed by atoms with Crippen molar-refractivity contribution in [1.29, 1.82) is 0 Å². The molecule has 2 aromatic carbocycles. The fourth-order valence-electron chi connectivity index (χ4n) is 3.73. The van der Waals surface area contributed by atoms with Gasteiger partial charge < -0.3 is 11.1 Å². The molecule has 29 heavy (non-hydrogen) atoms. The van der Waals surface area contributed by atoms with Crippen LogP contribution in [0.25, 0.3) is 5.69 Å². The van der Waals surface area contributed by atoms with Crippen molar-refractivity contribution in [3.05, 3.63) is 84.2 Å². The summed E-state index contributed by atoms with van der Waals surface area (Å²) in [6.45, 7) is 2.38. The van der Waals surface area contributed by atoms with Crippen LogP contribution in [0.1, 0.15) is 17.0 Å². The zero-order valence-electron chi connectivity index (χ0n) is 16.1. The lowest BCUT2D eigenvalue weighted by atomic mass is 9.95. The summed E-state index contributed by atoms with van der Waals surface area (Å²) in [5, 5.41) is 7.34. The molecule has 7 heteroatoms. The topological polar surface area (TPSA) is 76.2 Å². The van der Waals surface area contributed by atoms with Gasteiger partial charge in [0, 0.05) is 43.4 Å². The summed E-state index contributed by atoms with van der Waals surface area (Å²) in [4.78, 5) is 14.5. The van der Waals surface area contributed by atoms with Gasteiger partial charge in [-0.25, -0.2) is 4.68 Å². The smallest absolute Gasteiger partial charge is 0.234 e. The van der Waals surface area contributed by atoms with Crippen molar-refractivity contribution < 1.29 is 4.79 Å². The Kier molecular flexibility index (Phi) is 7.04. The zero-order chi connectivity index (χ0) is 19.3. The van der Waals surface area contributed by atoms with Crippen LogP contribution in [0.2, 0.25) is 0 Å². The van der Waals surface area contributed by atoms with Crippen molar-refractivity contribution in [2.45, 2.75) is 18.5 Å². The van der Waals surface area contributed by atoms with Crippen LogP contribution in [0, 0.1) is 0 Å². The lowest BCUT2D eigenvalue weighted by molar-refractivity contribution is -0.122. The summed E-state index contributed by atoms with van der Waals surface area (Å²) >= 11 is 0. The van der Waals surface area contributed by atoms with Gasteiger partial charge in [-0.3, -0.25) is 9.69 Å². The van der Waals surface area contributed by atoms with Crippen LogP contribution in [-0.4, -0.2) is 46.3 Å². The Morgan fingerprint density at radius 3 is 2.48 bits per heavy atom. The molecule has 0 bridgehead atoms. The van der Waals surface area contributed by atoms with Gasteiger partial charge in [-0.1, -0.05) is 48.5 Å². The molecule has 0 unspecified atom stereocenters. The first-order valence-electron chi connectivity index (χ1n) is 9.57. The Hall–Kier alpha value is -2.67. The Labute approximate surface area is 177 Å². The normalized spacial score (nSPS) is 18.9. The molecule has 2 atom stereocenters. The van der Waals surface area contributed by atoms with Gasteiger partial charge in [-0.15, -0.1) is 12.4 Å². The summed E-state index contributed by atoms with van der Waals surface area (Å²) in [5.41, 5.74) is 9.53. The van der Waals surface area contributed by atoms with Crippen molar-refractivity contribution in [2.24, 2.45) is 5.73 Å². The molecule has 4 rings (SSSR count). The number of benzene rings is 2. The van der Waals surface area contributed by atoms with E-state index < -0.39 is 0 Å². The maximum atomic E-state index is 12.4. The number of carbonyl (C=O) groups excluding carboxylic acids is 1. The third-order valence-corrected chi connectivity index (χ3v) is 5.18. The highest BCUT2D eigenvalue weighted by molar-refractivity contribution is 5.85. The van der Waals surface area contributed by atoms with Crippen LogP contribution in [0.4, 0.5) is 0 Å². The highest BCUT2D eigenvalue weighted by atomic mass is 35.5. The minimum atomic E-state index is 0. The van der Waals surface area contributed by atoms with E-state index in [2.05, 4.69) is 27.4 Å². The number of para-hydroxylation sites is 1. The predicted octanol–water partition coefficient (Wildman–Crippen LogP) is 2.34. The molecule has 1 amide bonds. The molecule has 2 heterocycles. The van der Waals surface area contributed by atoms with Gasteiger partial charge in [0.1, 0.15) is 0 Å². The Morgan fingerprint density at radius 1 is 1.07 bits per heavy atom. The number of amides is 1. The Morgan fingerprint density at radius 2 is 1.76 bits per heavy atom. The number of hydrogen-bond acceptors (Lipinski definition) is 4. The van der Waals surface area contributed by atoms with E-state index in [1.807, 2.05) is 59.4 Å². The summed E-state index contributed by atoms with van der Waals surface area (Å²) in [7, 11) is 0. The van der Waals surface area contributed by atoms with Crippen LogP contribution in [-0.2, 0) is 11.3 Å². The minimum absolute atomic E-state index is 0. The number of likely N-dealkylation sites (tertiary alicyclic amines) is 1. The van der Waals surface area contributed by atoms with E-state index in [1.165, 1.54) is 5.56 Å². The van der Waals surface area contributed by atoms with Crippen LogP contribution in [0.5, 0.6) is 0 Å². The Balaban J connectivity index is 0.00000240. The Bertz CT molecular complexity index is 915. The molecule has 1 saturated heterocycles. The quantitative estimate of drug-likeness (QED) is 0.652. The van der Waals surface area contributed by atoms with Crippen LogP contribution in [0.3, 0.4) is 0 Å². The summed E-state index contributed by atoms with van der Waals surface area (Å²) < 4.78 is 1.81. The monoisotopic (exact) mass is 411 g/mol. The first-order chi connectivity index (χ1) is 13.7. The highest BCUT2D eigenvalue weighted by Crippen LogP contribution is 2.25. The third kappa shape index (κ3) is 5.23. The second kappa shape index (κ2) is 9.69. The maximum Gasteiger partial charge on any atom is 0.234 e. The molecule has 1 aromatic heterocycles. The molecular weight excluding hydrogens is 386 g/mol. The number of hydrogen-bond donors (Lipinski definition) is 2. The first kappa shape index (κ1) is 21.0. The van der Waals surface area contributed by atoms with Crippen LogP contribution < -0.4 is 11.1 Å². The number of nitrogens with zero attached hydrogens (tertiary/aromatic N) is 3. The molecule has 3 N–H and O–H groups in total. The fraction of sp³-hybridized carbons (Fsp3) is 0.273. The molecule has 152 valence electrons. The highest BCUT2D eigenvalue weighted by Gasteiger charge is 2.31. The fourth-order valence-corrected chi connectivity index (χ4v) is 3.73. The first-order valence-corrected chi connectivity index (χ1v) is 9.57. The largest absolute Gasteiger partial charge is 0.351 e. The van der Waals surface area contributed by atoms with E-state index in [-0.39, 0.29) is 30.3 Å². The number of nitrogens with two attached hydrogens (primary N) is 1. The van der Waals surface area contributed by atoms with Crippen molar-refractivity contribution in [3.63, 3.8) is 0 Å². The van der Waals surface area contributed by atoms with E-state index in [0.29, 0.717) is 13.1 Å². The molecule has 0 aliphatic carbocycles. The molecule has 1 aliphatic rings. The number of aromatic nitrogens is 2. The zero-order valence-corrected chi connectivity index (χ0v) is 17.0. The number of halogens is 1. The molecule has 1 aliphatic heterocycles. The molecule has 0 radical (unpaired) electrons. The summed E-state index contributed by atoms with van der Waals surface area (Å²) in [6.07, 6.45) is 3.72. The predicted molar refractivity (Wildman–Crippen MR) is 116 cm³/mol. The van der Waals surface area contributed by atoms with Gasteiger partial charge in [0.25, 0.3) is 0 Å². The number of carbonyl (C=O) groups is 1. The van der Waals surface area contributed by atoms with Gasteiger partial charge in [-0.05, 0) is 17.7 Å². The number of nitrogens with one attached hydrogen (secondary N) is 1. The van der Waals surface area contributed by atoms with E-state index in [1.54, 1.807) is 6.20 Å². The third-order valence-electron chi connectivity index (χ3n) is 5.18. The van der Waals surface area contributed by atoms with Crippen molar-refractivity contribution >= 4 is 18.3 Å². The SMILES string of the molecule is Cl.N[C@@H]1CN(CC(=O)NCc2cnn(-c3ccccc3)c2)C[C@H]1c1ccccc1. The molecule has 0 saturated carbocycles. The van der Waals surface area contributed by atoms with Crippen molar-refractivity contribution in [2.75, 3.05) is 19.6 Å². The van der Waals surface area contributed by atoms with Gasteiger partial charge in [0.05, 0.1) is 18.4 Å². The molecule has 0 spiro atoms. The van der Waals surface area contributed by atoms with Gasteiger partial charge in [0.2, 0.25) is 5.91 Å². The van der Waals surface area contributed by atoms with Crippen LogP contribution >= 0.6 is 12.4 Å². The van der Waals surface area contributed by atoms with Gasteiger partial charge in [0.15, 0.2) is 0 Å². The van der Waals surface area contributed by atoms with Crippen LogP contribution in [0.15, 0.2) is 73.1 Å². The van der Waals surface area contributed by atoms with E-state index in [0.717, 1.165) is 24.3 Å². The standard InChI is InChI=1S/C22H25N5O.ClH/c23-21-15-26(14-20(21)18-7-3-1-4-8-18)16-22(28)24-11-17-12-25-27(13-17)19-9-5-2-6-10-19;/h1-10,12-13,20-21H,11,14-16,23H2,(H,24,28);1H/t20-,21+;/m0./s1. The average Bonchev–Trinajstić information content (AvgIpc) is 3.34. The van der Waals surface area contributed by atoms with Gasteiger partial charge in [-0.2, -0.15) is 5.10 Å². The second-order valence-electron chi connectivity index (χ2n) is 7.28. The molecule has 1 fully saturated rings. The van der Waals surface area contributed by atoms with E-state index in [4.69, 9.17) is 5.73 Å². The minimum Gasteiger partial charge on any atom is -0.351 e. The summed E-state index contributed by atoms with van der Waals surface area (Å²) in [6, 6.07) is 20.3. The van der Waals surface area contributed by atoms with Gasteiger partial charge >= 0.3 is 0 Å². The van der Waals surface area contributed by atoms with E-state index in [9.17, 15) is 4.79 Å². The molecule has 6 nitrogen and oxygen atoms in total. The lowest BCUT2D eigenvalue weighted by Gasteiger charge is -2.15.